The Morgan fingerprint density at radius 2 is 1.74 bits per heavy atom. The number of carbonyl (C=O) groups excluding carboxylic acids is 1. The summed E-state index contributed by atoms with van der Waals surface area (Å²) in [4.78, 5) is 38.4. The highest BCUT2D eigenvalue weighted by Crippen LogP contribution is 2.24. The zero-order chi connectivity index (χ0) is 31.3. The van der Waals surface area contributed by atoms with Crippen LogP contribution in [0.5, 0.6) is 5.75 Å². The Hall–Kier alpha value is -5.17. The second-order valence-corrected chi connectivity index (χ2v) is 11.8. The van der Waals surface area contributed by atoms with Gasteiger partial charge in [-0.1, -0.05) is 30.0 Å². The van der Waals surface area contributed by atoms with Gasteiger partial charge in [-0.15, -0.1) is 0 Å². The standard InChI is InChI=1S/C37H35N7O2/c1-42-17-19-43(20-18-42)15-4-5-27-8-12-33(13-9-27)46-26-32-11-10-30(23-38-32)37(45)44-16-14-29-22-40-36(41-35(29)25-44)31-21-28-6-2-3-7-34(28)39-24-31/h2-3,6-13,21-24H,14-20,25-26H2,1H3. The van der Waals surface area contributed by atoms with Crippen LogP contribution < -0.4 is 4.74 Å². The molecular weight excluding hydrogens is 574 g/mol. The van der Waals surface area contributed by atoms with Crippen molar-refractivity contribution in [2.75, 3.05) is 46.3 Å². The van der Waals surface area contributed by atoms with Crippen LogP contribution in [0.1, 0.15) is 32.9 Å². The maximum Gasteiger partial charge on any atom is 0.255 e. The lowest BCUT2D eigenvalue weighted by Crippen LogP contribution is -2.44. The van der Waals surface area contributed by atoms with Crippen molar-refractivity contribution in [1.82, 2.24) is 34.6 Å². The third kappa shape index (κ3) is 6.89. The Kier molecular flexibility index (Phi) is 8.63. The van der Waals surface area contributed by atoms with E-state index in [1.165, 1.54) is 0 Å². The van der Waals surface area contributed by atoms with Crippen molar-refractivity contribution in [3.8, 4) is 29.0 Å². The first-order valence-electron chi connectivity index (χ1n) is 15.6. The van der Waals surface area contributed by atoms with Crippen LogP contribution in [0.3, 0.4) is 0 Å². The lowest BCUT2D eigenvalue weighted by atomic mass is 10.1. The summed E-state index contributed by atoms with van der Waals surface area (Å²) in [5.41, 5.74) is 5.97. The monoisotopic (exact) mass is 609 g/mol. The summed E-state index contributed by atoms with van der Waals surface area (Å²) in [6.45, 7) is 6.45. The van der Waals surface area contributed by atoms with Crippen LogP contribution in [0.25, 0.3) is 22.3 Å². The van der Waals surface area contributed by atoms with Crippen molar-refractivity contribution in [1.29, 1.82) is 0 Å². The molecule has 9 nitrogen and oxygen atoms in total. The van der Waals surface area contributed by atoms with Gasteiger partial charge in [0.2, 0.25) is 0 Å². The lowest BCUT2D eigenvalue weighted by Gasteiger charge is -2.30. The summed E-state index contributed by atoms with van der Waals surface area (Å²) in [6, 6.07) is 21.5. The molecule has 1 fully saturated rings. The molecule has 0 N–H and O–H groups in total. The second kappa shape index (κ2) is 13.4. The van der Waals surface area contributed by atoms with E-state index in [4.69, 9.17) is 9.72 Å². The number of para-hydroxylation sites is 1. The molecule has 0 unspecified atom stereocenters. The first kappa shape index (κ1) is 29.5. The fourth-order valence-electron chi connectivity index (χ4n) is 5.68. The van der Waals surface area contributed by atoms with Crippen molar-refractivity contribution in [2.24, 2.45) is 0 Å². The predicted molar refractivity (Wildman–Crippen MR) is 177 cm³/mol. The number of piperazine rings is 1. The molecule has 2 aromatic carbocycles. The Bertz CT molecular complexity index is 1910. The van der Waals surface area contributed by atoms with Gasteiger partial charge in [-0.05, 0) is 67.6 Å². The minimum absolute atomic E-state index is 0.0672. The van der Waals surface area contributed by atoms with Crippen molar-refractivity contribution >= 4 is 16.8 Å². The molecule has 0 bridgehead atoms. The lowest BCUT2D eigenvalue weighted by molar-refractivity contribution is 0.0731. The van der Waals surface area contributed by atoms with Gasteiger partial charge in [-0.3, -0.25) is 19.7 Å². The summed E-state index contributed by atoms with van der Waals surface area (Å²) in [5.74, 6) is 7.83. The van der Waals surface area contributed by atoms with Gasteiger partial charge in [-0.2, -0.15) is 0 Å². The number of hydrogen-bond donors (Lipinski definition) is 0. The van der Waals surface area contributed by atoms with Crippen molar-refractivity contribution in [3.05, 3.63) is 113 Å². The van der Waals surface area contributed by atoms with E-state index in [0.717, 1.165) is 77.5 Å². The van der Waals surface area contributed by atoms with E-state index in [9.17, 15) is 4.79 Å². The molecule has 0 radical (unpaired) electrons. The van der Waals surface area contributed by atoms with Crippen molar-refractivity contribution in [3.63, 3.8) is 0 Å². The predicted octanol–water partition coefficient (Wildman–Crippen LogP) is 4.46. The number of ether oxygens (including phenoxy) is 1. The molecule has 3 aromatic heterocycles. The highest BCUT2D eigenvalue weighted by Gasteiger charge is 2.24. The number of rotatable bonds is 6. The van der Waals surface area contributed by atoms with Crippen molar-refractivity contribution < 1.29 is 9.53 Å². The van der Waals surface area contributed by atoms with Gasteiger partial charge in [-0.25, -0.2) is 9.97 Å². The van der Waals surface area contributed by atoms with Crippen LogP contribution in [-0.4, -0.2) is 86.9 Å². The van der Waals surface area contributed by atoms with Gasteiger partial charge >= 0.3 is 0 Å². The molecule has 0 saturated carbocycles. The molecule has 0 aliphatic carbocycles. The highest BCUT2D eigenvalue weighted by atomic mass is 16.5. The Morgan fingerprint density at radius 3 is 2.57 bits per heavy atom. The van der Waals surface area contributed by atoms with Gasteiger partial charge in [0.05, 0.1) is 35.6 Å². The van der Waals surface area contributed by atoms with Crippen LogP contribution in [0.4, 0.5) is 0 Å². The second-order valence-electron chi connectivity index (χ2n) is 11.8. The first-order valence-corrected chi connectivity index (χ1v) is 15.6. The summed E-state index contributed by atoms with van der Waals surface area (Å²) in [6.07, 6.45) is 6.01. The van der Waals surface area contributed by atoms with E-state index >= 15 is 0 Å². The molecule has 0 spiro atoms. The van der Waals surface area contributed by atoms with Crippen LogP contribution >= 0.6 is 0 Å². The normalized spacial score (nSPS) is 15.2. The van der Waals surface area contributed by atoms with Gasteiger partial charge < -0.3 is 14.5 Å². The average molecular weight is 610 g/mol. The largest absolute Gasteiger partial charge is 0.487 e. The first-order chi connectivity index (χ1) is 22.6. The molecule has 2 aliphatic heterocycles. The van der Waals surface area contributed by atoms with Crippen LogP contribution in [0.15, 0.2) is 85.3 Å². The fourth-order valence-corrected chi connectivity index (χ4v) is 5.68. The third-order valence-corrected chi connectivity index (χ3v) is 8.53. The molecule has 2 aliphatic rings. The topological polar surface area (TPSA) is 87.6 Å². The van der Waals surface area contributed by atoms with Crippen LogP contribution in [0, 0.1) is 11.8 Å². The number of benzene rings is 2. The number of amides is 1. The Labute approximate surface area is 268 Å². The summed E-state index contributed by atoms with van der Waals surface area (Å²) in [5, 5.41) is 1.04. The van der Waals surface area contributed by atoms with Gasteiger partial charge in [0, 0.05) is 67.8 Å². The van der Waals surface area contributed by atoms with Crippen LogP contribution in [-0.2, 0) is 19.6 Å². The maximum atomic E-state index is 13.4. The molecular formula is C37H35N7O2. The number of nitrogens with zero attached hydrogens (tertiary/aromatic N) is 7. The molecule has 1 saturated heterocycles. The smallest absolute Gasteiger partial charge is 0.255 e. The molecule has 5 aromatic rings. The third-order valence-electron chi connectivity index (χ3n) is 8.53. The number of hydrogen-bond acceptors (Lipinski definition) is 8. The zero-order valence-electron chi connectivity index (χ0n) is 25.9. The number of carbonyl (C=O) groups is 1. The molecule has 46 heavy (non-hydrogen) atoms. The van der Waals surface area contributed by atoms with Gasteiger partial charge in [0.25, 0.3) is 5.91 Å². The SMILES string of the molecule is CN1CCN(CC#Cc2ccc(OCc3ccc(C(=O)N4CCc5cnc(-c6cnc7ccccc7c6)nc5C4)cn3)cc2)CC1. The molecule has 9 heteroatoms. The van der Waals surface area contributed by atoms with Crippen LogP contribution in [0.2, 0.25) is 0 Å². The van der Waals surface area contributed by atoms with Gasteiger partial charge in [0.1, 0.15) is 12.4 Å². The number of likely N-dealkylation sites (N-methyl/N-ethyl adjacent to an activating group) is 1. The fraction of sp³-hybridized carbons (Fsp3) is 0.270. The summed E-state index contributed by atoms with van der Waals surface area (Å²) >= 11 is 0. The van der Waals surface area contributed by atoms with Gasteiger partial charge in [0.15, 0.2) is 5.82 Å². The van der Waals surface area contributed by atoms with E-state index in [-0.39, 0.29) is 5.91 Å². The molecule has 1 amide bonds. The van der Waals surface area contributed by atoms with E-state index in [1.54, 1.807) is 12.4 Å². The Balaban J connectivity index is 0.931. The highest BCUT2D eigenvalue weighted by molar-refractivity contribution is 5.94. The van der Waals surface area contributed by atoms with E-state index < -0.39 is 0 Å². The zero-order valence-corrected chi connectivity index (χ0v) is 25.9. The quantitative estimate of drug-likeness (QED) is 0.261. The summed E-state index contributed by atoms with van der Waals surface area (Å²) in [7, 11) is 2.16. The van der Waals surface area contributed by atoms with Crippen molar-refractivity contribution in [2.45, 2.75) is 19.6 Å². The minimum atomic E-state index is -0.0672. The van der Waals surface area contributed by atoms with E-state index in [0.29, 0.717) is 37.5 Å². The van der Waals surface area contributed by atoms with E-state index in [1.807, 2.05) is 77.8 Å². The number of aromatic nitrogens is 4. The number of pyridine rings is 2. The summed E-state index contributed by atoms with van der Waals surface area (Å²) < 4.78 is 5.95. The average Bonchev–Trinajstić information content (AvgIpc) is 3.11. The Morgan fingerprint density at radius 1 is 0.891 bits per heavy atom. The minimum Gasteiger partial charge on any atom is -0.487 e. The maximum absolute atomic E-state index is 13.4. The molecule has 230 valence electrons. The van der Waals surface area contributed by atoms with E-state index in [2.05, 4.69) is 43.6 Å². The molecule has 5 heterocycles. The molecule has 7 rings (SSSR count). The molecule has 0 atom stereocenters. The number of fused-ring (bicyclic) bond motifs is 2.